The number of fused-ring (bicyclic) bond motifs is 2. The van der Waals surface area contributed by atoms with Crippen molar-refractivity contribution in [2.24, 2.45) is 17.8 Å². The fourth-order valence-electron chi connectivity index (χ4n) is 3.83. The van der Waals surface area contributed by atoms with Crippen LogP contribution in [0.1, 0.15) is 61.9 Å². The minimum Gasteiger partial charge on any atom is -0.339 e. The standard InChI is InChI=1S/C15H24N4O/c1-9(2)13-16-14(18-17-13)15(20)19(3)8-12-7-10-4-5-11(12)6-10/h9-12H,4-8H2,1-3H3,(H,16,17,18). The topological polar surface area (TPSA) is 61.9 Å². The van der Waals surface area contributed by atoms with Gasteiger partial charge >= 0.3 is 0 Å². The van der Waals surface area contributed by atoms with Crippen molar-refractivity contribution >= 4 is 5.91 Å². The van der Waals surface area contributed by atoms with E-state index in [-0.39, 0.29) is 11.8 Å². The largest absolute Gasteiger partial charge is 0.339 e. The van der Waals surface area contributed by atoms with Crippen molar-refractivity contribution in [1.82, 2.24) is 20.1 Å². The van der Waals surface area contributed by atoms with Crippen molar-refractivity contribution in [2.45, 2.75) is 45.4 Å². The number of hydrogen-bond acceptors (Lipinski definition) is 3. The first-order valence-electron chi connectivity index (χ1n) is 7.72. The summed E-state index contributed by atoms with van der Waals surface area (Å²) in [5, 5.41) is 6.91. The van der Waals surface area contributed by atoms with Crippen LogP contribution in [0.15, 0.2) is 0 Å². The van der Waals surface area contributed by atoms with Gasteiger partial charge in [0, 0.05) is 19.5 Å². The number of nitrogens with one attached hydrogen (secondary N) is 1. The molecule has 2 aliphatic carbocycles. The fraction of sp³-hybridized carbons (Fsp3) is 0.800. The Morgan fingerprint density at radius 1 is 1.40 bits per heavy atom. The second-order valence-corrected chi connectivity index (χ2v) is 6.82. The minimum absolute atomic E-state index is 0.0593. The molecular formula is C15H24N4O. The maximum Gasteiger partial charge on any atom is 0.293 e. The Hall–Kier alpha value is -1.39. The number of amides is 1. The third-order valence-corrected chi connectivity index (χ3v) is 4.98. The Labute approximate surface area is 120 Å². The number of aromatic nitrogens is 3. The summed E-state index contributed by atoms with van der Waals surface area (Å²) in [6.07, 6.45) is 5.44. The Morgan fingerprint density at radius 2 is 2.20 bits per heavy atom. The highest BCUT2D eigenvalue weighted by atomic mass is 16.2. The molecular weight excluding hydrogens is 252 g/mol. The third kappa shape index (κ3) is 2.45. The molecule has 20 heavy (non-hydrogen) atoms. The number of hydrogen-bond donors (Lipinski definition) is 1. The fourth-order valence-corrected chi connectivity index (χ4v) is 3.83. The number of H-pyrrole nitrogens is 1. The number of nitrogens with zero attached hydrogens (tertiary/aromatic N) is 3. The van der Waals surface area contributed by atoms with Gasteiger partial charge in [-0.3, -0.25) is 9.89 Å². The van der Waals surface area contributed by atoms with Crippen LogP contribution in [0.5, 0.6) is 0 Å². The summed E-state index contributed by atoms with van der Waals surface area (Å²) in [4.78, 5) is 18.5. The van der Waals surface area contributed by atoms with E-state index in [1.54, 1.807) is 4.90 Å². The van der Waals surface area contributed by atoms with E-state index in [2.05, 4.69) is 15.2 Å². The van der Waals surface area contributed by atoms with Crippen molar-refractivity contribution in [3.63, 3.8) is 0 Å². The van der Waals surface area contributed by atoms with Crippen molar-refractivity contribution < 1.29 is 4.79 Å². The summed E-state index contributed by atoms with van der Waals surface area (Å²) in [7, 11) is 1.87. The lowest BCUT2D eigenvalue weighted by Crippen LogP contribution is -2.34. The first-order chi connectivity index (χ1) is 9.54. The van der Waals surface area contributed by atoms with Gasteiger partial charge in [0.05, 0.1) is 0 Å². The molecule has 0 aliphatic heterocycles. The highest BCUT2D eigenvalue weighted by molar-refractivity contribution is 5.90. The van der Waals surface area contributed by atoms with E-state index in [1.165, 1.54) is 25.7 Å². The van der Waals surface area contributed by atoms with Crippen molar-refractivity contribution in [1.29, 1.82) is 0 Å². The normalized spacial score (nSPS) is 28.3. The molecule has 1 aromatic heterocycles. The molecule has 5 nitrogen and oxygen atoms in total. The molecule has 5 heteroatoms. The van der Waals surface area contributed by atoms with E-state index in [4.69, 9.17) is 0 Å². The van der Waals surface area contributed by atoms with Crippen molar-refractivity contribution in [3.8, 4) is 0 Å². The number of rotatable bonds is 4. The average Bonchev–Trinajstić information content (AvgIpc) is 3.13. The summed E-state index contributed by atoms with van der Waals surface area (Å²) < 4.78 is 0. The van der Waals surface area contributed by atoms with Crippen LogP contribution in [0.4, 0.5) is 0 Å². The van der Waals surface area contributed by atoms with E-state index >= 15 is 0 Å². The summed E-state index contributed by atoms with van der Waals surface area (Å²) in [5.41, 5.74) is 0. The molecule has 1 heterocycles. The minimum atomic E-state index is -0.0593. The number of carbonyl (C=O) groups is 1. The number of carbonyl (C=O) groups excluding carboxylic acids is 1. The summed E-state index contributed by atoms with van der Waals surface area (Å²) >= 11 is 0. The predicted octanol–water partition coefficient (Wildman–Crippen LogP) is 2.44. The lowest BCUT2D eigenvalue weighted by molar-refractivity contribution is 0.0742. The quantitative estimate of drug-likeness (QED) is 0.918. The highest BCUT2D eigenvalue weighted by Gasteiger charge is 2.40. The van der Waals surface area contributed by atoms with Gasteiger partial charge in [0.2, 0.25) is 5.82 Å². The molecule has 1 aromatic rings. The van der Waals surface area contributed by atoms with Gasteiger partial charge < -0.3 is 4.90 Å². The molecule has 2 saturated carbocycles. The van der Waals surface area contributed by atoms with Crippen molar-refractivity contribution in [3.05, 3.63) is 11.6 Å². The maximum atomic E-state index is 12.4. The Bertz CT molecular complexity index is 496. The zero-order chi connectivity index (χ0) is 14.3. The SMILES string of the molecule is CC(C)c1nc(C(=O)N(C)CC2CC3CCC2C3)n[nH]1. The van der Waals surface area contributed by atoms with Gasteiger partial charge in [-0.05, 0) is 37.0 Å². The van der Waals surface area contributed by atoms with Gasteiger partial charge in [-0.2, -0.15) is 0 Å². The summed E-state index contributed by atoms with van der Waals surface area (Å²) in [5.74, 6) is 3.74. The molecule has 0 aromatic carbocycles. The highest BCUT2D eigenvalue weighted by Crippen LogP contribution is 2.48. The van der Waals surface area contributed by atoms with E-state index in [0.717, 1.165) is 24.2 Å². The molecule has 2 aliphatic rings. The van der Waals surface area contributed by atoms with Gasteiger partial charge in [-0.15, -0.1) is 5.10 Å². The molecule has 0 spiro atoms. The van der Waals surface area contributed by atoms with Gasteiger partial charge in [0.15, 0.2) is 0 Å². The molecule has 1 N–H and O–H groups in total. The van der Waals surface area contributed by atoms with Crippen LogP contribution in [0.25, 0.3) is 0 Å². The second kappa shape index (κ2) is 5.19. The second-order valence-electron chi connectivity index (χ2n) is 6.82. The van der Waals surface area contributed by atoms with Crippen LogP contribution in [-0.4, -0.2) is 39.6 Å². The van der Waals surface area contributed by atoms with Crippen LogP contribution in [0.2, 0.25) is 0 Å². The molecule has 0 saturated heterocycles. The Morgan fingerprint density at radius 3 is 2.75 bits per heavy atom. The molecule has 0 radical (unpaired) electrons. The van der Waals surface area contributed by atoms with Gasteiger partial charge in [0.1, 0.15) is 5.82 Å². The van der Waals surface area contributed by atoms with Crippen LogP contribution < -0.4 is 0 Å². The molecule has 3 atom stereocenters. The molecule has 2 bridgehead atoms. The molecule has 1 amide bonds. The molecule has 3 unspecified atom stereocenters. The zero-order valence-electron chi connectivity index (χ0n) is 12.6. The maximum absolute atomic E-state index is 12.4. The van der Waals surface area contributed by atoms with Crippen LogP contribution in [0, 0.1) is 17.8 Å². The lowest BCUT2D eigenvalue weighted by atomic mass is 9.88. The molecule has 3 rings (SSSR count). The zero-order valence-corrected chi connectivity index (χ0v) is 12.6. The van der Waals surface area contributed by atoms with Gasteiger partial charge in [-0.1, -0.05) is 20.3 Å². The first-order valence-corrected chi connectivity index (χ1v) is 7.72. The van der Waals surface area contributed by atoms with E-state index in [0.29, 0.717) is 11.7 Å². The van der Waals surface area contributed by atoms with Gasteiger partial charge in [-0.25, -0.2) is 4.98 Å². The van der Waals surface area contributed by atoms with Crippen LogP contribution in [0.3, 0.4) is 0 Å². The van der Waals surface area contributed by atoms with E-state index in [1.807, 2.05) is 20.9 Å². The van der Waals surface area contributed by atoms with Crippen LogP contribution >= 0.6 is 0 Å². The van der Waals surface area contributed by atoms with E-state index in [9.17, 15) is 4.79 Å². The van der Waals surface area contributed by atoms with Crippen molar-refractivity contribution in [2.75, 3.05) is 13.6 Å². The third-order valence-electron chi connectivity index (χ3n) is 4.98. The predicted molar refractivity (Wildman–Crippen MR) is 76.4 cm³/mol. The monoisotopic (exact) mass is 276 g/mol. The average molecular weight is 276 g/mol. The van der Waals surface area contributed by atoms with Crippen LogP contribution in [-0.2, 0) is 0 Å². The Kier molecular flexibility index (Phi) is 3.52. The first kappa shape index (κ1) is 13.6. The molecule has 2 fully saturated rings. The molecule has 110 valence electrons. The summed E-state index contributed by atoms with van der Waals surface area (Å²) in [6.45, 7) is 4.92. The van der Waals surface area contributed by atoms with Gasteiger partial charge in [0.25, 0.3) is 5.91 Å². The van der Waals surface area contributed by atoms with E-state index < -0.39 is 0 Å². The smallest absolute Gasteiger partial charge is 0.293 e. The summed E-state index contributed by atoms with van der Waals surface area (Å²) in [6, 6.07) is 0. The number of aromatic amines is 1. The lowest BCUT2D eigenvalue weighted by Gasteiger charge is -2.26. The Balaban J connectivity index is 1.61.